The highest BCUT2D eigenvalue weighted by Gasteiger charge is 2.39. The molecule has 144 valence electrons. The van der Waals surface area contributed by atoms with Gasteiger partial charge in [-0.25, -0.2) is 4.98 Å². The average molecular weight is 410 g/mol. The van der Waals surface area contributed by atoms with Crippen LogP contribution in [0.25, 0.3) is 5.82 Å². The minimum absolute atomic E-state index is 0.0187. The highest BCUT2D eigenvalue weighted by atomic mass is 35.5. The maximum atomic E-state index is 12.8. The van der Waals surface area contributed by atoms with Gasteiger partial charge in [-0.3, -0.25) is 9.59 Å². The summed E-state index contributed by atoms with van der Waals surface area (Å²) in [5.74, 6) is 0.129. The van der Waals surface area contributed by atoms with Crippen LogP contribution in [0.5, 0.6) is 0 Å². The number of nitrogens with one attached hydrogen (secondary N) is 1. The molecule has 3 heterocycles. The van der Waals surface area contributed by atoms with Gasteiger partial charge in [0.25, 0.3) is 0 Å². The molecular formula is C18H21Cl2N5O2. The predicted octanol–water partition coefficient (Wildman–Crippen LogP) is 3.47. The van der Waals surface area contributed by atoms with Crippen molar-refractivity contribution in [3.05, 3.63) is 34.1 Å². The Kier molecular flexibility index (Phi) is 5.18. The van der Waals surface area contributed by atoms with E-state index in [1.54, 1.807) is 24.0 Å². The molecule has 1 saturated heterocycles. The lowest BCUT2D eigenvalue weighted by molar-refractivity contribution is -0.131. The van der Waals surface area contributed by atoms with Crippen molar-refractivity contribution in [3.63, 3.8) is 0 Å². The Morgan fingerprint density at radius 3 is 2.59 bits per heavy atom. The fraction of sp³-hybridized carbons (Fsp3) is 0.444. The lowest BCUT2D eigenvalue weighted by Gasteiger charge is -2.31. The highest BCUT2D eigenvalue weighted by Crippen LogP contribution is 2.28. The van der Waals surface area contributed by atoms with Crippen LogP contribution in [0.4, 0.5) is 5.82 Å². The third-order valence-electron chi connectivity index (χ3n) is 4.38. The summed E-state index contributed by atoms with van der Waals surface area (Å²) in [5, 5.41) is 7.94. The van der Waals surface area contributed by atoms with E-state index in [1.165, 1.54) is 10.9 Å². The number of likely N-dealkylation sites (tertiary alicyclic amines) is 1. The minimum Gasteiger partial charge on any atom is -0.337 e. The van der Waals surface area contributed by atoms with E-state index in [4.69, 9.17) is 23.2 Å². The molecule has 0 spiro atoms. The van der Waals surface area contributed by atoms with Gasteiger partial charge in [0.1, 0.15) is 5.82 Å². The second-order valence-corrected chi connectivity index (χ2v) is 8.45. The molecule has 1 atom stereocenters. The molecule has 2 amide bonds. The van der Waals surface area contributed by atoms with E-state index >= 15 is 0 Å². The second-order valence-electron chi connectivity index (χ2n) is 7.61. The SMILES string of the molecule is Cc1cc(NC(=O)C2CC(=O)N(C(C)(C)C)C2)n(-c2ncc(Cl)cc2Cl)n1. The van der Waals surface area contributed by atoms with E-state index in [0.29, 0.717) is 33.9 Å². The van der Waals surface area contributed by atoms with Crippen LogP contribution in [-0.4, -0.2) is 43.6 Å². The van der Waals surface area contributed by atoms with Gasteiger partial charge in [0, 0.05) is 30.8 Å². The molecule has 3 rings (SSSR count). The van der Waals surface area contributed by atoms with Crippen molar-refractivity contribution in [2.75, 3.05) is 11.9 Å². The van der Waals surface area contributed by atoms with E-state index in [0.717, 1.165) is 0 Å². The van der Waals surface area contributed by atoms with Crippen molar-refractivity contribution < 1.29 is 9.59 Å². The lowest BCUT2D eigenvalue weighted by atomic mass is 10.1. The Hall–Kier alpha value is -2.12. The molecular weight excluding hydrogens is 389 g/mol. The molecule has 1 aliphatic heterocycles. The Balaban J connectivity index is 1.83. The van der Waals surface area contributed by atoms with Crippen molar-refractivity contribution in [2.45, 2.75) is 39.7 Å². The first kappa shape index (κ1) is 19.6. The molecule has 1 N–H and O–H groups in total. The Morgan fingerprint density at radius 1 is 1.30 bits per heavy atom. The van der Waals surface area contributed by atoms with Crippen molar-refractivity contribution in [1.82, 2.24) is 19.7 Å². The van der Waals surface area contributed by atoms with E-state index < -0.39 is 5.92 Å². The van der Waals surface area contributed by atoms with Gasteiger partial charge in [0.05, 0.1) is 21.7 Å². The fourth-order valence-electron chi connectivity index (χ4n) is 3.07. The smallest absolute Gasteiger partial charge is 0.230 e. The zero-order chi connectivity index (χ0) is 19.9. The number of pyridine rings is 1. The van der Waals surface area contributed by atoms with Gasteiger partial charge in [-0.05, 0) is 33.8 Å². The Labute approximate surface area is 167 Å². The number of hydrogen-bond acceptors (Lipinski definition) is 4. The van der Waals surface area contributed by atoms with Gasteiger partial charge < -0.3 is 10.2 Å². The molecule has 0 aliphatic carbocycles. The van der Waals surface area contributed by atoms with E-state index in [1.807, 2.05) is 20.8 Å². The molecule has 9 heteroatoms. The fourth-order valence-corrected chi connectivity index (χ4v) is 3.53. The van der Waals surface area contributed by atoms with Crippen molar-refractivity contribution in [2.24, 2.45) is 5.92 Å². The standard InChI is InChI=1S/C18H21Cl2N5O2/c1-10-5-14(25(23-10)16-13(20)7-12(19)8-21-16)22-17(27)11-6-15(26)24(9-11)18(2,3)4/h5,7-8,11H,6,9H2,1-4H3,(H,22,27). The third-order valence-corrected chi connectivity index (χ3v) is 4.86. The summed E-state index contributed by atoms with van der Waals surface area (Å²) in [4.78, 5) is 30.9. The van der Waals surface area contributed by atoms with Crippen LogP contribution in [0.3, 0.4) is 0 Å². The van der Waals surface area contributed by atoms with Crippen molar-refractivity contribution >= 4 is 40.8 Å². The zero-order valence-corrected chi connectivity index (χ0v) is 17.1. The Bertz CT molecular complexity index is 904. The first-order valence-electron chi connectivity index (χ1n) is 8.55. The number of hydrogen-bond donors (Lipinski definition) is 1. The van der Waals surface area contributed by atoms with Crippen LogP contribution >= 0.6 is 23.2 Å². The first-order valence-corrected chi connectivity index (χ1v) is 9.31. The number of anilines is 1. The molecule has 0 saturated carbocycles. The van der Waals surface area contributed by atoms with Crippen molar-refractivity contribution in [3.8, 4) is 5.82 Å². The topological polar surface area (TPSA) is 80.1 Å². The number of halogens is 2. The van der Waals surface area contributed by atoms with Crippen molar-refractivity contribution in [1.29, 1.82) is 0 Å². The minimum atomic E-state index is -0.422. The largest absolute Gasteiger partial charge is 0.337 e. The summed E-state index contributed by atoms with van der Waals surface area (Å²) in [6.45, 7) is 8.06. The highest BCUT2D eigenvalue weighted by molar-refractivity contribution is 6.35. The van der Waals surface area contributed by atoms with Crippen LogP contribution in [0.2, 0.25) is 10.0 Å². The summed E-state index contributed by atoms with van der Waals surface area (Å²) < 4.78 is 1.46. The van der Waals surface area contributed by atoms with E-state index in [-0.39, 0.29) is 23.8 Å². The maximum absolute atomic E-state index is 12.8. The maximum Gasteiger partial charge on any atom is 0.230 e. The lowest BCUT2D eigenvalue weighted by Crippen LogP contribution is -2.42. The van der Waals surface area contributed by atoms with Gasteiger partial charge >= 0.3 is 0 Å². The monoisotopic (exact) mass is 409 g/mol. The molecule has 0 bridgehead atoms. The number of carbonyl (C=O) groups is 2. The van der Waals surface area contributed by atoms with Gasteiger partial charge in [0.2, 0.25) is 11.8 Å². The average Bonchev–Trinajstić information content (AvgIpc) is 3.10. The van der Waals surface area contributed by atoms with Crippen LogP contribution in [0.15, 0.2) is 18.3 Å². The molecule has 1 fully saturated rings. The summed E-state index contributed by atoms with van der Waals surface area (Å²) >= 11 is 12.1. The van der Waals surface area contributed by atoms with Gasteiger partial charge in [-0.15, -0.1) is 0 Å². The number of aromatic nitrogens is 3. The summed E-state index contributed by atoms with van der Waals surface area (Å²) in [6.07, 6.45) is 1.65. The van der Waals surface area contributed by atoms with Crippen LogP contribution in [0.1, 0.15) is 32.9 Å². The summed E-state index contributed by atoms with van der Waals surface area (Å²) in [5.41, 5.74) is 0.377. The molecule has 2 aromatic rings. The van der Waals surface area contributed by atoms with E-state index in [2.05, 4.69) is 15.4 Å². The van der Waals surface area contributed by atoms with Gasteiger partial charge in [-0.1, -0.05) is 23.2 Å². The molecule has 0 radical (unpaired) electrons. The zero-order valence-electron chi connectivity index (χ0n) is 15.6. The Morgan fingerprint density at radius 2 is 2.00 bits per heavy atom. The summed E-state index contributed by atoms with van der Waals surface area (Å²) in [7, 11) is 0. The third kappa shape index (κ3) is 4.09. The molecule has 1 unspecified atom stereocenters. The summed E-state index contributed by atoms with van der Waals surface area (Å²) in [6, 6.07) is 3.29. The molecule has 1 aliphatic rings. The van der Waals surface area contributed by atoms with E-state index in [9.17, 15) is 9.59 Å². The number of aryl methyl sites for hydroxylation is 1. The molecule has 2 aromatic heterocycles. The molecule has 0 aromatic carbocycles. The van der Waals surface area contributed by atoms with Crippen LogP contribution < -0.4 is 5.32 Å². The van der Waals surface area contributed by atoms with Crippen LogP contribution in [0, 0.1) is 12.8 Å². The number of amides is 2. The molecule has 7 nitrogen and oxygen atoms in total. The van der Waals surface area contributed by atoms with Crippen LogP contribution in [-0.2, 0) is 9.59 Å². The normalized spacial score (nSPS) is 17.5. The number of nitrogens with zero attached hydrogens (tertiary/aromatic N) is 4. The quantitative estimate of drug-likeness (QED) is 0.841. The number of carbonyl (C=O) groups excluding carboxylic acids is 2. The predicted molar refractivity (Wildman–Crippen MR) is 104 cm³/mol. The second kappa shape index (κ2) is 7.13. The first-order chi connectivity index (χ1) is 12.6. The molecule has 27 heavy (non-hydrogen) atoms. The number of rotatable bonds is 3. The van der Waals surface area contributed by atoms with Gasteiger partial charge in [0.15, 0.2) is 5.82 Å². The van der Waals surface area contributed by atoms with Gasteiger partial charge in [-0.2, -0.15) is 9.78 Å².